The Balaban J connectivity index is 2.08. The number of allylic oxidation sites excluding steroid dienone is 2. The van der Waals surface area contributed by atoms with Gasteiger partial charge in [0.1, 0.15) is 10.1 Å². The summed E-state index contributed by atoms with van der Waals surface area (Å²) in [5, 5.41) is 2.54. The van der Waals surface area contributed by atoms with Gasteiger partial charge in [0, 0.05) is 6.92 Å². The molecule has 0 atom stereocenters. The molecule has 1 fully saturated rings. The molecule has 0 spiro atoms. The van der Waals surface area contributed by atoms with Crippen LogP contribution in [0.2, 0.25) is 0 Å². The van der Waals surface area contributed by atoms with E-state index in [1.165, 1.54) is 18.7 Å². The van der Waals surface area contributed by atoms with Crippen molar-refractivity contribution in [2.75, 3.05) is 0 Å². The number of rotatable bonds is 3. The maximum absolute atomic E-state index is 11.4. The van der Waals surface area contributed by atoms with E-state index in [2.05, 4.69) is 5.32 Å². The fourth-order valence-corrected chi connectivity index (χ4v) is 2.53. The van der Waals surface area contributed by atoms with Gasteiger partial charge in [-0.1, -0.05) is 48.3 Å². The van der Waals surface area contributed by atoms with Crippen LogP contribution in [0.1, 0.15) is 12.5 Å². The molecule has 1 N–H and O–H groups in total. The number of thiocarbonyl (C=S) groups is 1. The fraction of sp³-hybridized carbons (Fsp3) is 0.0714. The Hall–Kier alpha value is -1.92. The van der Waals surface area contributed by atoms with Crippen LogP contribution in [0.4, 0.5) is 0 Å². The molecule has 0 bridgehead atoms. The van der Waals surface area contributed by atoms with Gasteiger partial charge in [-0.2, -0.15) is 0 Å². The van der Waals surface area contributed by atoms with Gasteiger partial charge in [0.2, 0.25) is 0 Å². The Morgan fingerprint density at radius 2 is 2.25 bits per heavy atom. The Bertz CT molecular complexity index is 635. The van der Waals surface area contributed by atoms with Crippen molar-refractivity contribution in [1.82, 2.24) is 5.32 Å². The molecule has 20 heavy (non-hydrogen) atoms. The van der Waals surface area contributed by atoms with Crippen LogP contribution in [-0.2, 0) is 9.59 Å². The summed E-state index contributed by atoms with van der Waals surface area (Å²) in [6.45, 7) is 1.35. The van der Waals surface area contributed by atoms with Gasteiger partial charge in [0.15, 0.2) is 0 Å². The molecule has 1 heterocycles. The molecule has 0 unspecified atom stereocenters. The monoisotopic (exact) mass is 305 g/mol. The van der Waals surface area contributed by atoms with Crippen molar-refractivity contribution < 1.29 is 14.3 Å². The van der Waals surface area contributed by atoms with Gasteiger partial charge in [0.25, 0.3) is 5.91 Å². The predicted molar refractivity (Wildman–Crippen MR) is 83.2 cm³/mol. The number of benzene rings is 1. The molecule has 0 saturated carbocycles. The van der Waals surface area contributed by atoms with Crippen LogP contribution in [0.5, 0.6) is 5.75 Å². The standard InChI is InChI=1S/C14H11NO3S2/c1-9(16)18-11-6-2-4-10(8-11)5-3-7-12-13(17)15-14(19)20-12/h2-8H,1H3,(H,15,17,19). The molecule has 2 rings (SSSR count). The van der Waals surface area contributed by atoms with Crippen LogP contribution in [0, 0.1) is 0 Å². The molecule has 4 nitrogen and oxygen atoms in total. The average Bonchev–Trinajstić information content (AvgIpc) is 2.67. The predicted octanol–water partition coefficient (Wildman–Crippen LogP) is 2.66. The maximum atomic E-state index is 11.4. The Labute approximate surface area is 125 Å². The van der Waals surface area contributed by atoms with Crippen molar-refractivity contribution in [3.8, 4) is 5.75 Å². The molecular weight excluding hydrogens is 294 g/mol. The zero-order valence-electron chi connectivity index (χ0n) is 10.6. The van der Waals surface area contributed by atoms with Gasteiger partial charge in [-0.3, -0.25) is 9.59 Å². The number of hydrogen-bond acceptors (Lipinski definition) is 5. The molecule has 0 radical (unpaired) electrons. The molecule has 1 aromatic carbocycles. The minimum Gasteiger partial charge on any atom is -0.427 e. The van der Waals surface area contributed by atoms with E-state index in [1.54, 1.807) is 30.4 Å². The molecule has 1 saturated heterocycles. The van der Waals surface area contributed by atoms with Crippen LogP contribution in [0.15, 0.2) is 41.3 Å². The molecule has 102 valence electrons. The second-order valence-corrected chi connectivity index (χ2v) is 5.62. The van der Waals surface area contributed by atoms with E-state index < -0.39 is 0 Å². The smallest absolute Gasteiger partial charge is 0.308 e. The van der Waals surface area contributed by atoms with Gasteiger partial charge in [-0.05, 0) is 23.8 Å². The van der Waals surface area contributed by atoms with E-state index in [-0.39, 0.29) is 11.9 Å². The lowest BCUT2D eigenvalue weighted by atomic mass is 10.2. The largest absolute Gasteiger partial charge is 0.427 e. The highest BCUT2D eigenvalue weighted by Gasteiger charge is 2.20. The molecule has 0 aliphatic carbocycles. The Morgan fingerprint density at radius 3 is 2.90 bits per heavy atom. The SMILES string of the molecule is CC(=O)Oc1cccc(C=CC=C2SC(=S)NC2=O)c1. The van der Waals surface area contributed by atoms with E-state index >= 15 is 0 Å². The Morgan fingerprint density at radius 1 is 1.45 bits per heavy atom. The third kappa shape index (κ3) is 4.04. The number of ether oxygens (including phenoxy) is 1. The fourth-order valence-electron chi connectivity index (χ4n) is 1.53. The van der Waals surface area contributed by atoms with Crippen molar-refractivity contribution in [2.45, 2.75) is 6.92 Å². The van der Waals surface area contributed by atoms with Crippen molar-refractivity contribution >= 4 is 46.3 Å². The first-order chi connectivity index (χ1) is 9.54. The second kappa shape index (κ2) is 6.49. The van der Waals surface area contributed by atoms with Crippen LogP contribution in [0.25, 0.3) is 6.08 Å². The van der Waals surface area contributed by atoms with E-state index in [0.29, 0.717) is 15.0 Å². The zero-order valence-corrected chi connectivity index (χ0v) is 12.2. The molecule has 1 amide bonds. The lowest BCUT2D eigenvalue weighted by Gasteiger charge is -2.01. The van der Waals surface area contributed by atoms with Crippen LogP contribution in [-0.4, -0.2) is 16.2 Å². The van der Waals surface area contributed by atoms with Gasteiger partial charge >= 0.3 is 5.97 Å². The summed E-state index contributed by atoms with van der Waals surface area (Å²) in [6.07, 6.45) is 5.26. The second-order valence-electron chi connectivity index (χ2n) is 3.90. The first-order valence-corrected chi connectivity index (χ1v) is 6.97. The highest BCUT2D eigenvalue weighted by Crippen LogP contribution is 2.23. The van der Waals surface area contributed by atoms with Crippen molar-refractivity contribution in [2.24, 2.45) is 0 Å². The number of carbonyl (C=O) groups is 2. The third-order valence-corrected chi connectivity index (χ3v) is 3.48. The molecule has 1 aromatic rings. The number of thioether (sulfide) groups is 1. The lowest BCUT2D eigenvalue weighted by molar-refractivity contribution is -0.131. The van der Waals surface area contributed by atoms with Gasteiger partial charge < -0.3 is 10.1 Å². The van der Waals surface area contributed by atoms with Crippen molar-refractivity contribution in [3.63, 3.8) is 0 Å². The maximum Gasteiger partial charge on any atom is 0.308 e. The van der Waals surface area contributed by atoms with E-state index in [0.717, 1.165) is 5.56 Å². The van der Waals surface area contributed by atoms with Crippen LogP contribution < -0.4 is 10.1 Å². The molecule has 1 aliphatic heterocycles. The number of amides is 1. The number of esters is 1. The van der Waals surface area contributed by atoms with Crippen molar-refractivity contribution in [1.29, 1.82) is 0 Å². The van der Waals surface area contributed by atoms with Gasteiger partial charge in [0.05, 0.1) is 4.91 Å². The quantitative estimate of drug-likeness (QED) is 0.403. The first-order valence-electron chi connectivity index (χ1n) is 5.74. The lowest BCUT2D eigenvalue weighted by Crippen LogP contribution is -2.17. The van der Waals surface area contributed by atoms with E-state index in [1.807, 2.05) is 12.1 Å². The van der Waals surface area contributed by atoms with E-state index in [9.17, 15) is 9.59 Å². The average molecular weight is 305 g/mol. The summed E-state index contributed by atoms with van der Waals surface area (Å²) in [7, 11) is 0. The minimum absolute atomic E-state index is 0.182. The summed E-state index contributed by atoms with van der Waals surface area (Å²) < 4.78 is 5.46. The summed E-state index contributed by atoms with van der Waals surface area (Å²) in [5.74, 6) is -0.0550. The molecule has 6 heteroatoms. The number of hydrogen-bond donors (Lipinski definition) is 1. The summed E-state index contributed by atoms with van der Waals surface area (Å²) in [5.41, 5.74) is 0.867. The molecule has 0 aromatic heterocycles. The highest BCUT2D eigenvalue weighted by molar-refractivity contribution is 8.26. The van der Waals surface area contributed by atoms with Gasteiger partial charge in [-0.25, -0.2) is 0 Å². The zero-order chi connectivity index (χ0) is 14.5. The van der Waals surface area contributed by atoms with Gasteiger partial charge in [-0.15, -0.1) is 0 Å². The molecule has 1 aliphatic rings. The number of nitrogens with one attached hydrogen (secondary N) is 1. The number of carbonyl (C=O) groups excluding carboxylic acids is 2. The normalized spacial score (nSPS) is 16.8. The highest BCUT2D eigenvalue weighted by atomic mass is 32.2. The summed E-state index contributed by atoms with van der Waals surface area (Å²) in [4.78, 5) is 22.9. The molecular formula is C14H11NO3S2. The van der Waals surface area contributed by atoms with Crippen LogP contribution in [0.3, 0.4) is 0 Å². The van der Waals surface area contributed by atoms with Crippen molar-refractivity contribution in [3.05, 3.63) is 46.9 Å². The van der Waals surface area contributed by atoms with E-state index in [4.69, 9.17) is 17.0 Å². The topological polar surface area (TPSA) is 55.4 Å². The summed E-state index contributed by atoms with van der Waals surface area (Å²) in [6, 6.07) is 7.10. The van der Waals surface area contributed by atoms with Crippen LogP contribution >= 0.6 is 24.0 Å². The minimum atomic E-state index is -0.360. The summed E-state index contributed by atoms with van der Waals surface area (Å²) >= 11 is 6.12. The third-order valence-electron chi connectivity index (χ3n) is 2.30. The Kier molecular flexibility index (Phi) is 4.70. The first kappa shape index (κ1) is 14.5.